The number of nitrogens with one attached hydrogen (secondary N) is 1. The van der Waals surface area contributed by atoms with Crippen molar-refractivity contribution in [1.82, 2.24) is 5.32 Å². The SMILES string of the molecule is CCCCCCC(F)(F)S(=O)(=O)O.CNC. The van der Waals surface area contributed by atoms with Crippen molar-refractivity contribution in [3.05, 3.63) is 0 Å². The normalized spacial score (nSPS) is 11.9. The van der Waals surface area contributed by atoms with Gasteiger partial charge in [0.2, 0.25) is 0 Å². The van der Waals surface area contributed by atoms with Gasteiger partial charge in [-0.3, -0.25) is 4.55 Å². The highest BCUT2D eigenvalue weighted by molar-refractivity contribution is 7.86. The highest BCUT2D eigenvalue weighted by atomic mass is 32.2. The van der Waals surface area contributed by atoms with E-state index in [-0.39, 0.29) is 6.42 Å². The summed E-state index contributed by atoms with van der Waals surface area (Å²) in [6, 6.07) is 0. The van der Waals surface area contributed by atoms with E-state index in [0.29, 0.717) is 6.42 Å². The lowest BCUT2D eigenvalue weighted by Crippen LogP contribution is -2.27. The number of rotatable bonds is 6. The lowest BCUT2D eigenvalue weighted by Gasteiger charge is -2.11. The molecule has 0 aliphatic rings. The molecule has 16 heavy (non-hydrogen) atoms. The van der Waals surface area contributed by atoms with Crippen molar-refractivity contribution in [3.63, 3.8) is 0 Å². The maximum atomic E-state index is 12.5. The highest BCUT2D eigenvalue weighted by Crippen LogP contribution is 2.27. The molecule has 7 heteroatoms. The number of alkyl halides is 2. The molecule has 0 amide bonds. The predicted molar refractivity (Wildman–Crippen MR) is 60.2 cm³/mol. The lowest BCUT2D eigenvalue weighted by molar-refractivity contribution is 0.0683. The van der Waals surface area contributed by atoms with Crippen LogP contribution in [-0.4, -0.2) is 32.3 Å². The van der Waals surface area contributed by atoms with E-state index in [0.717, 1.165) is 12.8 Å². The molecule has 0 fully saturated rings. The minimum absolute atomic E-state index is 0.112. The monoisotopic (exact) mass is 261 g/mol. The summed E-state index contributed by atoms with van der Waals surface area (Å²) in [4.78, 5) is 0. The van der Waals surface area contributed by atoms with Crippen LogP contribution in [-0.2, 0) is 10.1 Å². The molecule has 0 heterocycles. The van der Waals surface area contributed by atoms with E-state index in [1.165, 1.54) is 0 Å². The zero-order valence-corrected chi connectivity index (χ0v) is 10.8. The first-order valence-corrected chi connectivity index (χ1v) is 6.60. The van der Waals surface area contributed by atoms with Crippen LogP contribution in [0.3, 0.4) is 0 Å². The summed E-state index contributed by atoms with van der Waals surface area (Å²) in [7, 11) is -1.47. The fraction of sp³-hybridized carbons (Fsp3) is 1.00. The van der Waals surface area contributed by atoms with E-state index in [2.05, 4.69) is 5.32 Å². The number of hydrogen-bond donors (Lipinski definition) is 2. The molecule has 0 radical (unpaired) electrons. The Balaban J connectivity index is 0. The van der Waals surface area contributed by atoms with Crippen LogP contribution >= 0.6 is 0 Å². The molecular formula is C9H21F2NO3S. The zero-order valence-electron chi connectivity index (χ0n) is 9.96. The molecule has 0 bridgehead atoms. The Morgan fingerprint density at radius 1 is 1.19 bits per heavy atom. The van der Waals surface area contributed by atoms with Gasteiger partial charge in [-0.25, -0.2) is 0 Å². The molecule has 0 atom stereocenters. The first kappa shape index (κ1) is 18.1. The van der Waals surface area contributed by atoms with Crippen LogP contribution in [0.5, 0.6) is 0 Å². The fourth-order valence-corrected chi connectivity index (χ4v) is 1.29. The van der Waals surface area contributed by atoms with Crippen LogP contribution in [0.4, 0.5) is 8.78 Å². The summed E-state index contributed by atoms with van der Waals surface area (Å²) in [5.41, 5.74) is 0. The quantitative estimate of drug-likeness (QED) is 0.568. The average Bonchev–Trinajstić information content (AvgIpc) is 2.12. The number of hydrogen-bond acceptors (Lipinski definition) is 3. The second-order valence-corrected chi connectivity index (χ2v) is 4.97. The second-order valence-electron chi connectivity index (χ2n) is 3.42. The molecule has 0 aromatic carbocycles. The molecule has 0 saturated heterocycles. The van der Waals surface area contributed by atoms with Crippen molar-refractivity contribution in [1.29, 1.82) is 0 Å². The van der Waals surface area contributed by atoms with Gasteiger partial charge >= 0.3 is 15.4 Å². The van der Waals surface area contributed by atoms with E-state index in [4.69, 9.17) is 4.55 Å². The highest BCUT2D eigenvalue weighted by Gasteiger charge is 2.42. The molecule has 0 aliphatic carbocycles. The first-order chi connectivity index (χ1) is 7.22. The molecule has 0 spiro atoms. The van der Waals surface area contributed by atoms with E-state index >= 15 is 0 Å². The molecule has 0 rings (SSSR count). The van der Waals surface area contributed by atoms with Gasteiger partial charge < -0.3 is 5.32 Å². The predicted octanol–water partition coefficient (Wildman–Crippen LogP) is 2.27. The van der Waals surface area contributed by atoms with Gasteiger partial charge in [-0.2, -0.15) is 17.2 Å². The topological polar surface area (TPSA) is 66.4 Å². The Labute approximate surface area is 96.2 Å². The van der Waals surface area contributed by atoms with Crippen molar-refractivity contribution in [2.45, 2.75) is 44.3 Å². The Hall–Kier alpha value is -0.270. The van der Waals surface area contributed by atoms with Gasteiger partial charge in [-0.1, -0.05) is 26.2 Å². The Morgan fingerprint density at radius 2 is 1.62 bits per heavy atom. The molecule has 0 unspecified atom stereocenters. The van der Waals surface area contributed by atoms with Gasteiger partial charge in [0.1, 0.15) is 0 Å². The molecule has 0 aliphatic heterocycles. The second kappa shape index (κ2) is 8.83. The van der Waals surface area contributed by atoms with Gasteiger partial charge in [0.05, 0.1) is 0 Å². The van der Waals surface area contributed by atoms with Crippen molar-refractivity contribution >= 4 is 10.1 Å². The van der Waals surface area contributed by atoms with E-state index < -0.39 is 21.8 Å². The van der Waals surface area contributed by atoms with Crippen molar-refractivity contribution < 1.29 is 21.8 Å². The van der Waals surface area contributed by atoms with Crippen molar-refractivity contribution in [3.8, 4) is 0 Å². The van der Waals surface area contributed by atoms with Crippen LogP contribution in [0.25, 0.3) is 0 Å². The number of halogens is 2. The largest absolute Gasteiger partial charge is 0.370 e. The fourth-order valence-electron chi connectivity index (χ4n) is 0.887. The Morgan fingerprint density at radius 3 is 1.94 bits per heavy atom. The summed E-state index contributed by atoms with van der Waals surface area (Å²) in [6.45, 7) is 1.92. The lowest BCUT2D eigenvalue weighted by atomic mass is 10.2. The average molecular weight is 261 g/mol. The minimum Gasteiger partial charge on any atom is -0.323 e. The maximum absolute atomic E-state index is 12.5. The Bertz CT molecular complexity index is 255. The van der Waals surface area contributed by atoms with Crippen LogP contribution in [0.15, 0.2) is 0 Å². The van der Waals surface area contributed by atoms with Gasteiger partial charge in [-0.05, 0) is 20.5 Å². The summed E-state index contributed by atoms with van der Waals surface area (Å²) < 4.78 is 53.4. The molecule has 0 saturated carbocycles. The molecule has 4 nitrogen and oxygen atoms in total. The third-order valence-corrected chi connectivity index (χ3v) is 2.66. The summed E-state index contributed by atoms with van der Waals surface area (Å²) >= 11 is 0. The standard InChI is InChI=1S/C7H14F2O3S.C2H7N/c1-2-3-4-5-6-7(8,9)13(10,11)12;1-3-2/h2-6H2,1H3,(H,10,11,12);3H,1-2H3. The van der Waals surface area contributed by atoms with E-state index in [1.54, 1.807) is 0 Å². The van der Waals surface area contributed by atoms with Gasteiger partial charge in [0.25, 0.3) is 0 Å². The molecule has 100 valence electrons. The first-order valence-electron chi connectivity index (χ1n) is 5.16. The van der Waals surface area contributed by atoms with Crippen molar-refractivity contribution in [2.24, 2.45) is 0 Å². The third kappa shape index (κ3) is 8.99. The van der Waals surface area contributed by atoms with E-state index in [1.807, 2.05) is 21.0 Å². The van der Waals surface area contributed by atoms with Crippen LogP contribution in [0.1, 0.15) is 39.0 Å². The summed E-state index contributed by atoms with van der Waals surface area (Å²) in [6.07, 6.45) is 1.55. The van der Waals surface area contributed by atoms with Gasteiger partial charge in [0, 0.05) is 6.42 Å². The van der Waals surface area contributed by atoms with Crippen LogP contribution in [0, 0.1) is 0 Å². The molecular weight excluding hydrogens is 240 g/mol. The van der Waals surface area contributed by atoms with E-state index in [9.17, 15) is 17.2 Å². The maximum Gasteiger partial charge on any atom is 0.370 e. The Kier molecular flexibility index (Phi) is 10.00. The molecule has 0 aromatic rings. The van der Waals surface area contributed by atoms with Gasteiger partial charge in [-0.15, -0.1) is 0 Å². The van der Waals surface area contributed by atoms with Crippen LogP contribution in [0.2, 0.25) is 0 Å². The smallest absolute Gasteiger partial charge is 0.323 e. The molecule has 0 aromatic heterocycles. The summed E-state index contributed by atoms with van der Waals surface area (Å²) in [5, 5.41) is -1.24. The zero-order chi connectivity index (χ0) is 13.2. The number of unbranched alkanes of at least 4 members (excludes halogenated alkanes) is 3. The van der Waals surface area contributed by atoms with Crippen molar-refractivity contribution in [2.75, 3.05) is 14.1 Å². The van der Waals surface area contributed by atoms with Gasteiger partial charge in [0.15, 0.2) is 0 Å². The minimum atomic E-state index is -5.22. The third-order valence-electron chi connectivity index (χ3n) is 1.70. The summed E-state index contributed by atoms with van der Waals surface area (Å²) in [5.74, 6) is 0. The molecule has 2 N–H and O–H groups in total. The van der Waals surface area contributed by atoms with Crippen LogP contribution < -0.4 is 5.32 Å².